The monoisotopic (exact) mass is 474 g/mol. The van der Waals surface area contributed by atoms with Gasteiger partial charge in [0.1, 0.15) is 11.9 Å². The molecule has 0 bridgehead atoms. The van der Waals surface area contributed by atoms with Gasteiger partial charge in [-0.05, 0) is 79.4 Å². The van der Waals surface area contributed by atoms with E-state index in [9.17, 15) is 14.4 Å². The molecule has 192 valence electrons. The van der Waals surface area contributed by atoms with Crippen LogP contribution in [0.5, 0.6) is 0 Å². The van der Waals surface area contributed by atoms with Crippen LogP contribution in [0.2, 0.25) is 0 Å². The van der Waals surface area contributed by atoms with E-state index in [1.165, 1.54) is 32.8 Å². The minimum Gasteiger partial charge on any atom is -0.469 e. The van der Waals surface area contributed by atoms with Gasteiger partial charge >= 0.3 is 11.9 Å². The quantitative estimate of drug-likeness (QED) is 0.443. The van der Waals surface area contributed by atoms with E-state index in [0.717, 1.165) is 25.7 Å². The van der Waals surface area contributed by atoms with Crippen molar-refractivity contribution in [2.45, 2.75) is 105 Å². The van der Waals surface area contributed by atoms with E-state index < -0.39 is 5.41 Å². The Morgan fingerprint density at radius 3 is 2.47 bits per heavy atom. The van der Waals surface area contributed by atoms with Gasteiger partial charge < -0.3 is 9.47 Å². The van der Waals surface area contributed by atoms with E-state index in [2.05, 4.69) is 27.7 Å². The third-order valence-electron chi connectivity index (χ3n) is 11.2. The number of carbonyl (C=O) groups excluding carboxylic acids is 3. The Balaban J connectivity index is 1.70. The first-order valence-corrected chi connectivity index (χ1v) is 13.9. The first-order chi connectivity index (χ1) is 16.1. The van der Waals surface area contributed by atoms with Crippen molar-refractivity contribution in [3.8, 4) is 0 Å². The van der Waals surface area contributed by atoms with Crippen molar-refractivity contribution in [1.29, 1.82) is 0 Å². The molecular weight excluding hydrogens is 428 g/mol. The van der Waals surface area contributed by atoms with Crippen LogP contribution in [0.3, 0.4) is 0 Å². The first kappa shape index (κ1) is 25.7. The molecule has 0 saturated heterocycles. The lowest BCUT2D eigenvalue weighted by Gasteiger charge is -2.64. The fourth-order valence-electron chi connectivity index (χ4n) is 9.67. The molecule has 4 aliphatic carbocycles. The Bertz CT molecular complexity index is 806. The van der Waals surface area contributed by atoms with Crippen molar-refractivity contribution in [3.05, 3.63) is 0 Å². The Hall–Kier alpha value is -1.39. The maximum absolute atomic E-state index is 14.1. The summed E-state index contributed by atoms with van der Waals surface area (Å²) in [7, 11) is 1.44. The maximum atomic E-state index is 14.1. The molecule has 10 atom stereocenters. The summed E-state index contributed by atoms with van der Waals surface area (Å²) in [6.07, 6.45) is 9.64. The number of Topliss-reactive ketones (excluding diaryl/α,β-unsaturated/α-hetero) is 1. The number of carbonyl (C=O) groups is 3. The molecule has 0 heterocycles. The predicted molar refractivity (Wildman–Crippen MR) is 131 cm³/mol. The van der Waals surface area contributed by atoms with E-state index in [4.69, 9.17) is 9.47 Å². The molecular formula is C29H46O5. The zero-order valence-electron chi connectivity index (χ0n) is 22.2. The smallest absolute Gasteiger partial charge is 0.305 e. The lowest BCUT2D eigenvalue weighted by atomic mass is 9.41. The van der Waals surface area contributed by atoms with Crippen LogP contribution in [0.4, 0.5) is 0 Å². The third-order valence-corrected chi connectivity index (χ3v) is 11.2. The van der Waals surface area contributed by atoms with E-state index in [1.54, 1.807) is 6.92 Å². The van der Waals surface area contributed by atoms with Crippen molar-refractivity contribution >= 4 is 17.7 Å². The molecule has 0 aromatic rings. The van der Waals surface area contributed by atoms with Gasteiger partial charge in [0.15, 0.2) is 0 Å². The Kier molecular flexibility index (Phi) is 7.24. The van der Waals surface area contributed by atoms with E-state index >= 15 is 0 Å². The SMILES string of the molecule is CCC1C(OC(C)=O)C2C(CC(=O)C3(C)C(C(C)CCC(=O)OC)CCC23)C2(C)CCCCC12. The molecule has 34 heavy (non-hydrogen) atoms. The Labute approximate surface area is 206 Å². The van der Waals surface area contributed by atoms with Crippen LogP contribution in [0.25, 0.3) is 0 Å². The number of rotatable bonds is 6. The Morgan fingerprint density at radius 1 is 1.09 bits per heavy atom. The second-order valence-corrected chi connectivity index (χ2v) is 12.5. The summed E-state index contributed by atoms with van der Waals surface area (Å²) in [5.74, 6) is 2.35. The van der Waals surface area contributed by atoms with Crippen LogP contribution in [0.1, 0.15) is 98.8 Å². The number of fused-ring (bicyclic) bond motifs is 5. The zero-order valence-corrected chi connectivity index (χ0v) is 22.2. The number of hydrogen-bond donors (Lipinski definition) is 0. The molecule has 0 N–H and O–H groups in total. The number of hydrogen-bond acceptors (Lipinski definition) is 5. The summed E-state index contributed by atoms with van der Waals surface area (Å²) in [5.41, 5.74) is -0.239. The van der Waals surface area contributed by atoms with Crippen LogP contribution >= 0.6 is 0 Å². The highest BCUT2D eigenvalue weighted by atomic mass is 16.5. The molecule has 0 aromatic carbocycles. The largest absolute Gasteiger partial charge is 0.469 e. The molecule has 0 radical (unpaired) electrons. The number of ether oxygens (including phenoxy) is 2. The van der Waals surface area contributed by atoms with E-state index in [1.807, 2.05) is 0 Å². The van der Waals surface area contributed by atoms with Crippen molar-refractivity contribution in [1.82, 2.24) is 0 Å². The van der Waals surface area contributed by atoms with Crippen molar-refractivity contribution in [3.63, 3.8) is 0 Å². The maximum Gasteiger partial charge on any atom is 0.305 e. The normalized spacial score (nSPS) is 44.4. The Morgan fingerprint density at radius 2 is 1.82 bits per heavy atom. The topological polar surface area (TPSA) is 69.7 Å². The summed E-state index contributed by atoms with van der Waals surface area (Å²) < 4.78 is 11.1. The lowest BCUT2D eigenvalue weighted by molar-refractivity contribution is -0.209. The number of ketones is 1. The highest BCUT2D eigenvalue weighted by Gasteiger charge is 2.68. The molecule has 4 saturated carbocycles. The van der Waals surface area contributed by atoms with Crippen LogP contribution in [0, 0.1) is 52.3 Å². The summed E-state index contributed by atoms with van der Waals surface area (Å²) in [4.78, 5) is 38.2. The molecule has 5 heteroatoms. The highest BCUT2D eigenvalue weighted by Crippen LogP contribution is 2.69. The van der Waals surface area contributed by atoms with Gasteiger partial charge in [0.25, 0.3) is 0 Å². The lowest BCUT2D eigenvalue weighted by Crippen LogP contribution is -2.64. The van der Waals surface area contributed by atoms with E-state index in [-0.39, 0.29) is 47.1 Å². The average molecular weight is 475 g/mol. The van der Waals surface area contributed by atoms with Crippen LogP contribution in [0.15, 0.2) is 0 Å². The van der Waals surface area contributed by atoms with Crippen molar-refractivity contribution in [2.24, 2.45) is 52.3 Å². The molecule has 0 aliphatic heterocycles. The fourth-order valence-corrected chi connectivity index (χ4v) is 9.67. The van der Waals surface area contributed by atoms with Gasteiger partial charge in [-0.3, -0.25) is 14.4 Å². The molecule has 10 unspecified atom stereocenters. The fraction of sp³-hybridized carbons (Fsp3) is 0.897. The van der Waals surface area contributed by atoms with Crippen LogP contribution < -0.4 is 0 Å². The van der Waals surface area contributed by atoms with Crippen LogP contribution in [-0.4, -0.2) is 30.9 Å². The standard InChI is InChI=1S/C29H46O5/c1-7-19-21-10-8-9-15-28(21,4)23-16-24(31)29(5)20(17(2)11-14-25(32)33-6)12-13-22(29)26(23)27(19)34-18(3)30/h17,19-23,26-27H,7-16H2,1-6H3. The van der Waals surface area contributed by atoms with Crippen molar-refractivity contribution in [2.75, 3.05) is 7.11 Å². The molecule has 5 nitrogen and oxygen atoms in total. The van der Waals surface area contributed by atoms with Gasteiger partial charge in [-0.25, -0.2) is 0 Å². The predicted octanol–water partition coefficient (Wildman–Crippen LogP) is 5.98. The van der Waals surface area contributed by atoms with Crippen molar-refractivity contribution < 1.29 is 23.9 Å². The second kappa shape index (κ2) is 9.58. The second-order valence-electron chi connectivity index (χ2n) is 12.5. The van der Waals surface area contributed by atoms with Gasteiger partial charge in [0.05, 0.1) is 7.11 Å². The van der Waals surface area contributed by atoms with Gasteiger partial charge in [0, 0.05) is 31.1 Å². The molecule has 4 fully saturated rings. The molecule has 0 spiro atoms. The minimum atomic E-state index is -0.398. The number of esters is 2. The number of methoxy groups -OCH3 is 1. The van der Waals surface area contributed by atoms with E-state index in [0.29, 0.717) is 36.4 Å². The summed E-state index contributed by atoms with van der Waals surface area (Å²) in [6.45, 7) is 10.7. The van der Waals surface area contributed by atoms with Gasteiger partial charge in [-0.15, -0.1) is 0 Å². The van der Waals surface area contributed by atoms with Gasteiger partial charge in [0.2, 0.25) is 0 Å². The average Bonchev–Trinajstić information content (AvgIpc) is 3.16. The zero-order chi connectivity index (χ0) is 24.8. The third kappa shape index (κ3) is 3.93. The van der Waals surface area contributed by atoms with Gasteiger partial charge in [-0.1, -0.05) is 40.5 Å². The highest BCUT2D eigenvalue weighted by molar-refractivity contribution is 5.87. The van der Waals surface area contributed by atoms with Gasteiger partial charge in [-0.2, -0.15) is 0 Å². The van der Waals surface area contributed by atoms with Crippen LogP contribution in [-0.2, 0) is 23.9 Å². The summed E-state index contributed by atoms with van der Waals surface area (Å²) in [6, 6.07) is 0. The summed E-state index contributed by atoms with van der Waals surface area (Å²) in [5, 5.41) is 0. The molecule has 4 aliphatic rings. The molecule has 0 amide bonds. The first-order valence-electron chi connectivity index (χ1n) is 13.9. The summed E-state index contributed by atoms with van der Waals surface area (Å²) >= 11 is 0. The minimum absolute atomic E-state index is 0.0785. The molecule has 0 aromatic heterocycles. The molecule has 4 rings (SSSR count).